The Hall–Kier alpha value is -0.570. The van der Waals surface area contributed by atoms with E-state index in [4.69, 9.17) is 5.73 Å². The van der Waals surface area contributed by atoms with Gasteiger partial charge in [0.2, 0.25) is 5.91 Å². The number of amides is 1. The molecule has 3 nitrogen and oxygen atoms in total. The minimum absolute atomic E-state index is 0.132. The van der Waals surface area contributed by atoms with E-state index in [2.05, 4.69) is 5.32 Å². The highest BCUT2D eigenvalue weighted by molar-refractivity contribution is 5.79. The smallest absolute Gasteiger partial charge is 0.223 e. The number of carbonyl (C=O) groups is 1. The van der Waals surface area contributed by atoms with E-state index in [0.29, 0.717) is 6.54 Å². The molecule has 0 aromatic heterocycles. The summed E-state index contributed by atoms with van der Waals surface area (Å²) in [4.78, 5) is 11.8. The van der Waals surface area contributed by atoms with Crippen molar-refractivity contribution in [2.75, 3.05) is 6.54 Å². The summed E-state index contributed by atoms with van der Waals surface area (Å²) in [5.74, 6) is 0.275. The lowest BCUT2D eigenvalue weighted by molar-refractivity contribution is -0.127. The van der Waals surface area contributed by atoms with Gasteiger partial charge < -0.3 is 11.1 Å². The van der Waals surface area contributed by atoms with Crippen molar-refractivity contribution < 1.29 is 4.79 Å². The Bertz CT molecular complexity index is 172. The van der Waals surface area contributed by atoms with Crippen LogP contribution in [0.15, 0.2) is 0 Å². The van der Waals surface area contributed by atoms with Crippen LogP contribution < -0.4 is 11.1 Å². The Morgan fingerprint density at radius 2 is 1.86 bits per heavy atom. The first-order chi connectivity index (χ1) is 6.52. The van der Waals surface area contributed by atoms with Gasteiger partial charge in [0.25, 0.3) is 0 Å². The van der Waals surface area contributed by atoms with E-state index in [-0.39, 0.29) is 17.4 Å². The molecule has 84 valence electrons. The van der Waals surface area contributed by atoms with Gasteiger partial charge in [0.1, 0.15) is 0 Å². The van der Waals surface area contributed by atoms with Crippen molar-refractivity contribution in [2.24, 2.45) is 11.7 Å². The quantitative estimate of drug-likeness (QED) is 0.685. The third-order valence-electron chi connectivity index (χ3n) is 3.01. The standard InChI is InChI=1S/C11H24N2O/c1-5-9(6-2)10(14)13-11(4,7-3)8-12/h9H,5-8,12H2,1-4H3,(H,13,14). The first-order valence-corrected chi connectivity index (χ1v) is 5.55. The Morgan fingerprint density at radius 3 is 2.14 bits per heavy atom. The molecular formula is C11H24N2O. The molecular weight excluding hydrogens is 176 g/mol. The largest absolute Gasteiger partial charge is 0.349 e. The summed E-state index contributed by atoms with van der Waals surface area (Å²) in [6.45, 7) is 8.61. The maximum absolute atomic E-state index is 11.8. The van der Waals surface area contributed by atoms with Gasteiger partial charge in [0, 0.05) is 18.0 Å². The molecule has 0 radical (unpaired) electrons. The van der Waals surface area contributed by atoms with Crippen LogP contribution in [0.4, 0.5) is 0 Å². The summed E-state index contributed by atoms with van der Waals surface area (Å²) in [6, 6.07) is 0. The van der Waals surface area contributed by atoms with Gasteiger partial charge in [-0.05, 0) is 26.2 Å². The molecule has 0 aromatic carbocycles. The molecule has 0 aromatic rings. The van der Waals surface area contributed by atoms with E-state index >= 15 is 0 Å². The molecule has 3 heteroatoms. The van der Waals surface area contributed by atoms with Crippen LogP contribution >= 0.6 is 0 Å². The monoisotopic (exact) mass is 200 g/mol. The minimum Gasteiger partial charge on any atom is -0.349 e. The van der Waals surface area contributed by atoms with Crippen LogP contribution in [0, 0.1) is 5.92 Å². The molecule has 3 N–H and O–H groups in total. The van der Waals surface area contributed by atoms with E-state index in [0.717, 1.165) is 19.3 Å². The maximum atomic E-state index is 11.8. The molecule has 0 bridgehead atoms. The molecule has 0 rings (SSSR count). The fourth-order valence-electron chi connectivity index (χ4n) is 1.34. The SMILES string of the molecule is CCC(CC)C(=O)NC(C)(CC)CN. The van der Waals surface area contributed by atoms with Crippen LogP contribution in [-0.2, 0) is 4.79 Å². The molecule has 14 heavy (non-hydrogen) atoms. The lowest BCUT2D eigenvalue weighted by Gasteiger charge is -2.29. The second-order valence-electron chi connectivity index (χ2n) is 4.12. The molecule has 1 unspecified atom stereocenters. The zero-order chi connectivity index (χ0) is 11.2. The summed E-state index contributed by atoms with van der Waals surface area (Å²) < 4.78 is 0. The van der Waals surface area contributed by atoms with E-state index in [1.807, 2.05) is 27.7 Å². The highest BCUT2D eigenvalue weighted by Crippen LogP contribution is 2.12. The summed E-state index contributed by atoms with van der Waals surface area (Å²) in [6.07, 6.45) is 2.66. The maximum Gasteiger partial charge on any atom is 0.223 e. The van der Waals surface area contributed by atoms with E-state index < -0.39 is 0 Å². The van der Waals surface area contributed by atoms with Crippen molar-refractivity contribution in [3.8, 4) is 0 Å². The lowest BCUT2D eigenvalue weighted by atomic mass is 9.96. The van der Waals surface area contributed by atoms with E-state index in [1.54, 1.807) is 0 Å². The number of carbonyl (C=O) groups excluding carboxylic acids is 1. The molecule has 0 aliphatic carbocycles. The molecule has 0 saturated carbocycles. The first kappa shape index (κ1) is 13.4. The Kier molecular flexibility index (Phi) is 5.77. The second-order valence-corrected chi connectivity index (χ2v) is 4.12. The lowest BCUT2D eigenvalue weighted by Crippen LogP contribution is -2.52. The molecule has 1 atom stereocenters. The second kappa shape index (κ2) is 6.02. The van der Waals surface area contributed by atoms with E-state index in [1.165, 1.54) is 0 Å². The van der Waals surface area contributed by atoms with Gasteiger partial charge >= 0.3 is 0 Å². The van der Waals surface area contributed by atoms with Crippen LogP contribution in [-0.4, -0.2) is 18.0 Å². The van der Waals surface area contributed by atoms with Crippen LogP contribution in [0.5, 0.6) is 0 Å². The summed E-state index contributed by atoms with van der Waals surface area (Å²) >= 11 is 0. The Labute approximate surface area is 87.4 Å². The van der Waals surface area contributed by atoms with Crippen molar-refractivity contribution in [3.63, 3.8) is 0 Å². The van der Waals surface area contributed by atoms with Crippen LogP contribution in [0.2, 0.25) is 0 Å². The Balaban J connectivity index is 4.28. The van der Waals surface area contributed by atoms with Gasteiger partial charge in [-0.1, -0.05) is 20.8 Å². The number of hydrogen-bond acceptors (Lipinski definition) is 2. The third-order valence-corrected chi connectivity index (χ3v) is 3.01. The van der Waals surface area contributed by atoms with Crippen molar-refractivity contribution >= 4 is 5.91 Å². The fraction of sp³-hybridized carbons (Fsp3) is 0.909. The predicted octanol–water partition coefficient (Wildman–Crippen LogP) is 1.67. The van der Waals surface area contributed by atoms with Gasteiger partial charge in [-0.3, -0.25) is 4.79 Å². The summed E-state index contributed by atoms with van der Waals surface area (Å²) in [7, 11) is 0. The molecule has 0 aliphatic rings. The zero-order valence-electron chi connectivity index (χ0n) is 9.89. The number of nitrogens with one attached hydrogen (secondary N) is 1. The van der Waals surface area contributed by atoms with Crippen LogP contribution in [0.25, 0.3) is 0 Å². The summed E-state index contributed by atoms with van der Waals surface area (Å²) in [5.41, 5.74) is 5.40. The van der Waals surface area contributed by atoms with Crippen LogP contribution in [0.3, 0.4) is 0 Å². The number of nitrogens with two attached hydrogens (primary N) is 1. The first-order valence-electron chi connectivity index (χ1n) is 5.55. The molecule has 1 amide bonds. The molecule has 0 spiro atoms. The number of rotatable bonds is 6. The fourth-order valence-corrected chi connectivity index (χ4v) is 1.34. The Morgan fingerprint density at radius 1 is 1.36 bits per heavy atom. The van der Waals surface area contributed by atoms with Gasteiger partial charge in [-0.15, -0.1) is 0 Å². The van der Waals surface area contributed by atoms with Crippen LogP contribution in [0.1, 0.15) is 47.0 Å². The van der Waals surface area contributed by atoms with Crippen molar-refractivity contribution in [2.45, 2.75) is 52.5 Å². The molecule has 0 aliphatic heterocycles. The number of hydrogen-bond donors (Lipinski definition) is 2. The van der Waals surface area contributed by atoms with Gasteiger partial charge in [0.15, 0.2) is 0 Å². The normalized spacial score (nSPS) is 15.3. The topological polar surface area (TPSA) is 55.1 Å². The van der Waals surface area contributed by atoms with Gasteiger partial charge in [0.05, 0.1) is 0 Å². The average molecular weight is 200 g/mol. The highest BCUT2D eigenvalue weighted by Gasteiger charge is 2.25. The summed E-state index contributed by atoms with van der Waals surface area (Å²) in [5, 5.41) is 3.03. The van der Waals surface area contributed by atoms with Crippen molar-refractivity contribution in [1.29, 1.82) is 0 Å². The molecule has 0 saturated heterocycles. The predicted molar refractivity (Wildman–Crippen MR) is 60.0 cm³/mol. The highest BCUT2D eigenvalue weighted by atomic mass is 16.2. The minimum atomic E-state index is -0.236. The van der Waals surface area contributed by atoms with Crippen molar-refractivity contribution in [3.05, 3.63) is 0 Å². The van der Waals surface area contributed by atoms with Gasteiger partial charge in [-0.25, -0.2) is 0 Å². The van der Waals surface area contributed by atoms with Gasteiger partial charge in [-0.2, -0.15) is 0 Å². The molecule has 0 fully saturated rings. The molecule has 0 heterocycles. The third kappa shape index (κ3) is 3.66. The zero-order valence-corrected chi connectivity index (χ0v) is 9.89. The van der Waals surface area contributed by atoms with E-state index in [9.17, 15) is 4.79 Å². The van der Waals surface area contributed by atoms with Crippen molar-refractivity contribution in [1.82, 2.24) is 5.32 Å². The average Bonchev–Trinajstić information content (AvgIpc) is 2.19.